The van der Waals surface area contributed by atoms with Crippen molar-refractivity contribution in [3.05, 3.63) is 12.2 Å². The van der Waals surface area contributed by atoms with E-state index in [0.717, 1.165) is 6.42 Å². The molecule has 0 spiro atoms. The van der Waals surface area contributed by atoms with Crippen molar-refractivity contribution in [1.29, 1.82) is 0 Å². The van der Waals surface area contributed by atoms with Crippen LogP contribution in [-0.2, 0) is 0 Å². The Kier molecular flexibility index (Phi) is 7.46. The van der Waals surface area contributed by atoms with Crippen LogP contribution in [0.5, 0.6) is 0 Å². The molecule has 3 nitrogen and oxygen atoms in total. The first-order chi connectivity index (χ1) is 5.31. The molecular formula is C8H16O3. The monoisotopic (exact) mass is 160 g/mol. The summed E-state index contributed by atoms with van der Waals surface area (Å²) in [5.74, 6) is 0. The van der Waals surface area contributed by atoms with Crippen LogP contribution in [0, 0.1) is 0 Å². The standard InChI is InChI=1S/C8H16O3/c9-6-4-2-1-3-5-8(11)7-10/h1-2,8-11H,3-7H2. The van der Waals surface area contributed by atoms with Crippen LogP contribution in [0.25, 0.3) is 0 Å². The van der Waals surface area contributed by atoms with Crippen molar-refractivity contribution in [2.24, 2.45) is 0 Å². The van der Waals surface area contributed by atoms with Crippen molar-refractivity contribution in [2.75, 3.05) is 13.2 Å². The first kappa shape index (κ1) is 10.6. The highest BCUT2D eigenvalue weighted by molar-refractivity contribution is 4.81. The van der Waals surface area contributed by atoms with Crippen LogP contribution in [0.15, 0.2) is 12.2 Å². The summed E-state index contributed by atoms with van der Waals surface area (Å²) in [7, 11) is 0. The van der Waals surface area contributed by atoms with Crippen LogP contribution in [0.1, 0.15) is 19.3 Å². The van der Waals surface area contributed by atoms with Crippen molar-refractivity contribution >= 4 is 0 Å². The van der Waals surface area contributed by atoms with E-state index in [0.29, 0.717) is 12.8 Å². The van der Waals surface area contributed by atoms with Gasteiger partial charge < -0.3 is 15.3 Å². The van der Waals surface area contributed by atoms with Gasteiger partial charge in [0.05, 0.1) is 12.7 Å². The molecule has 0 radical (unpaired) electrons. The normalized spacial score (nSPS) is 14.1. The van der Waals surface area contributed by atoms with E-state index >= 15 is 0 Å². The van der Waals surface area contributed by atoms with Gasteiger partial charge in [-0.1, -0.05) is 12.2 Å². The van der Waals surface area contributed by atoms with Gasteiger partial charge in [0.25, 0.3) is 0 Å². The first-order valence-electron chi connectivity index (χ1n) is 3.86. The van der Waals surface area contributed by atoms with Gasteiger partial charge in [0.15, 0.2) is 0 Å². The molecule has 11 heavy (non-hydrogen) atoms. The highest BCUT2D eigenvalue weighted by Crippen LogP contribution is 1.97. The minimum atomic E-state index is -0.603. The summed E-state index contributed by atoms with van der Waals surface area (Å²) in [6.07, 6.45) is 5.16. The Morgan fingerprint density at radius 2 is 1.73 bits per heavy atom. The lowest BCUT2D eigenvalue weighted by Gasteiger charge is -2.02. The molecule has 0 bridgehead atoms. The lowest BCUT2D eigenvalue weighted by Crippen LogP contribution is -2.10. The van der Waals surface area contributed by atoms with Crippen molar-refractivity contribution in [3.63, 3.8) is 0 Å². The molecule has 0 aromatic rings. The van der Waals surface area contributed by atoms with Crippen LogP contribution in [0.2, 0.25) is 0 Å². The number of aliphatic hydroxyl groups is 3. The average molecular weight is 160 g/mol. The quantitative estimate of drug-likeness (QED) is 0.481. The van der Waals surface area contributed by atoms with E-state index < -0.39 is 6.10 Å². The molecule has 0 fully saturated rings. The number of hydrogen-bond donors (Lipinski definition) is 3. The zero-order valence-electron chi connectivity index (χ0n) is 6.61. The molecule has 1 unspecified atom stereocenters. The second-order valence-electron chi connectivity index (χ2n) is 2.40. The van der Waals surface area contributed by atoms with Crippen molar-refractivity contribution in [3.8, 4) is 0 Å². The van der Waals surface area contributed by atoms with Gasteiger partial charge in [-0.05, 0) is 19.3 Å². The summed E-state index contributed by atoms with van der Waals surface area (Å²) >= 11 is 0. The van der Waals surface area contributed by atoms with Gasteiger partial charge in [-0.15, -0.1) is 0 Å². The SMILES string of the molecule is OCCC=CCCC(O)CO. The van der Waals surface area contributed by atoms with Crippen LogP contribution in [0.4, 0.5) is 0 Å². The smallest absolute Gasteiger partial charge is 0.0773 e. The van der Waals surface area contributed by atoms with Gasteiger partial charge in [0.2, 0.25) is 0 Å². The minimum Gasteiger partial charge on any atom is -0.396 e. The molecule has 0 saturated carbocycles. The summed E-state index contributed by atoms with van der Waals surface area (Å²) in [6.45, 7) is -0.00705. The molecule has 3 N–H and O–H groups in total. The first-order valence-corrected chi connectivity index (χ1v) is 3.86. The molecule has 1 atom stereocenters. The van der Waals surface area contributed by atoms with Gasteiger partial charge in [0, 0.05) is 6.61 Å². The predicted molar refractivity (Wildman–Crippen MR) is 43.2 cm³/mol. The summed E-state index contributed by atoms with van der Waals surface area (Å²) in [6, 6.07) is 0. The molecule has 0 aliphatic carbocycles. The van der Waals surface area contributed by atoms with E-state index in [1.165, 1.54) is 0 Å². The highest BCUT2D eigenvalue weighted by Gasteiger charge is 1.97. The molecule has 0 aromatic heterocycles. The Bertz CT molecular complexity index is 102. The van der Waals surface area contributed by atoms with Crippen LogP contribution in [-0.4, -0.2) is 34.6 Å². The zero-order valence-corrected chi connectivity index (χ0v) is 6.61. The predicted octanol–water partition coefficient (Wildman–Crippen LogP) is 0.0584. The Labute approximate surface area is 67.0 Å². The number of aliphatic hydroxyl groups excluding tert-OH is 3. The van der Waals surface area contributed by atoms with E-state index in [1.54, 1.807) is 0 Å². The van der Waals surface area contributed by atoms with E-state index in [-0.39, 0.29) is 13.2 Å². The second kappa shape index (κ2) is 7.72. The van der Waals surface area contributed by atoms with Gasteiger partial charge in [0.1, 0.15) is 0 Å². The van der Waals surface area contributed by atoms with Crippen LogP contribution < -0.4 is 0 Å². The third kappa shape index (κ3) is 7.52. The van der Waals surface area contributed by atoms with Crippen molar-refractivity contribution in [1.82, 2.24) is 0 Å². The van der Waals surface area contributed by atoms with Gasteiger partial charge in [-0.25, -0.2) is 0 Å². The number of allylic oxidation sites excluding steroid dienone is 1. The summed E-state index contributed by atoms with van der Waals surface area (Å²) in [5, 5.41) is 25.7. The Morgan fingerprint density at radius 1 is 1.09 bits per heavy atom. The van der Waals surface area contributed by atoms with E-state index in [1.807, 2.05) is 12.2 Å². The maximum absolute atomic E-state index is 8.88. The van der Waals surface area contributed by atoms with Gasteiger partial charge in [-0.3, -0.25) is 0 Å². The molecule has 0 aliphatic rings. The molecule has 0 aromatic carbocycles. The van der Waals surface area contributed by atoms with Gasteiger partial charge >= 0.3 is 0 Å². The molecule has 0 amide bonds. The topological polar surface area (TPSA) is 60.7 Å². The molecule has 66 valence electrons. The molecule has 3 heteroatoms. The molecule has 0 rings (SSSR count). The van der Waals surface area contributed by atoms with Crippen molar-refractivity contribution < 1.29 is 15.3 Å². The van der Waals surface area contributed by atoms with Crippen LogP contribution in [0.3, 0.4) is 0 Å². The summed E-state index contributed by atoms with van der Waals surface area (Å²) in [5.41, 5.74) is 0. The Morgan fingerprint density at radius 3 is 2.27 bits per heavy atom. The maximum Gasteiger partial charge on any atom is 0.0773 e. The number of rotatable bonds is 6. The van der Waals surface area contributed by atoms with E-state index in [2.05, 4.69) is 0 Å². The lowest BCUT2D eigenvalue weighted by molar-refractivity contribution is 0.0891. The third-order valence-electron chi connectivity index (χ3n) is 1.34. The van der Waals surface area contributed by atoms with E-state index in [4.69, 9.17) is 15.3 Å². The largest absolute Gasteiger partial charge is 0.396 e. The molecule has 0 aliphatic heterocycles. The average Bonchev–Trinajstić information content (AvgIpc) is 2.04. The van der Waals surface area contributed by atoms with Gasteiger partial charge in [-0.2, -0.15) is 0 Å². The minimum absolute atomic E-state index is 0.166. The second-order valence-corrected chi connectivity index (χ2v) is 2.40. The van der Waals surface area contributed by atoms with Crippen molar-refractivity contribution in [2.45, 2.75) is 25.4 Å². The third-order valence-corrected chi connectivity index (χ3v) is 1.34. The summed E-state index contributed by atoms with van der Waals surface area (Å²) < 4.78 is 0. The molecule has 0 saturated heterocycles. The fourth-order valence-electron chi connectivity index (χ4n) is 0.690. The Balaban J connectivity index is 3.12. The molecular weight excluding hydrogens is 144 g/mol. The van der Waals surface area contributed by atoms with Crippen LogP contribution >= 0.6 is 0 Å². The highest BCUT2D eigenvalue weighted by atomic mass is 16.3. The maximum atomic E-state index is 8.88. The molecule has 0 heterocycles. The fourth-order valence-corrected chi connectivity index (χ4v) is 0.690. The zero-order chi connectivity index (χ0) is 8.53. The lowest BCUT2D eigenvalue weighted by atomic mass is 10.2. The number of hydrogen-bond acceptors (Lipinski definition) is 3. The van der Waals surface area contributed by atoms with E-state index in [9.17, 15) is 0 Å². The fraction of sp³-hybridized carbons (Fsp3) is 0.750. The summed E-state index contributed by atoms with van der Waals surface area (Å²) in [4.78, 5) is 0. The Hall–Kier alpha value is -0.380.